The van der Waals surface area contributed by atoms with E-state index in [9.17, 15) is 13.2 Å². The second-order valence-corrected chi connectivity index (χ2v) is 7.90. The molecule has 0 bridgehead atoms. The second kappa shape index (κ2) is 4.88. The van der Waals surface area contributed by atoms with E-state index in [4.69, 9.17) is 0 Å². The molecule has 0 aliphatic carbocycles. The van der Waals surface area contributed by atoms with Gasteiger partial charge in [0.15, 0.2) is 9.84 Å². The minimum absolute atomic E-state index is 0.110. The molecule has 1 aromatic rings. The summed E-state index contributed by atoms with van der Waals surface area (Å²) in [5.74, 6) is 0.110. The highest BCUT2D eigenvalue weighted by atomic mass is 32.2. The lowest BCUT2D eigenvalue weighted by Crippen LogP contribution is -2.49. The molecule has 3 rings (SSSR count). The first-order valence-corrected chi connectivity index (χ1v) is 8.65. The number of benzene rings is 1. The number of fused-ring (bicyclic) bond motifs is 1. The van der Waals surface area contributed by atoms with Gasteiger partial charge in [-0.2, -0.15) is 0 Å². The van der Waals surface area contributed by atoms with Crippen LogP contribution >= 0.6 is 0 Å². The molecule has 2 saturated heterocycles. The number of carbonyl (C=O) groups is 1. The van der Waals surface area contributed by atoms with E-state index in [1.54, 1.807) is 17.0 Å². The fourth-order valence-corrected chi connectivity index (χ4v) is 5.39. The quantitative estimate of drug-likeness (QED) is 0.837. The number of carbonyl (C=O) groups excluding carboxylic acids is 1. The fourth-order valence-electron chi connectivity index (χ4n) is 3.35. The first-order valence-electron chi connectivity index (χ1n) is 7.10. The Morgan fingerprint density at radius 2 is 1.85 bits per heavy atom. The van der Waals surface area contributed by atoms with E-state index < -0.39 is 15.1 Å². The summed E-state index contributed by atoms with van der Waals surface area (Å²) in [5, 5.41) is -0.439. The zero-order valence-corrected chi connectivity index (χ0v) is 12.4. The molecule has 1 amide bonds. The van der Waals surface area contributed by atoms with Crippen molar-refractivity contribution < 1.29 is 13.2 Å². The number of sulfone groups is 1. The van der Waals surface area contributed by atoms with E-state index in [0.717, 1.165) is 12.0 Å². The Balaban J connectivity index is 1.94. The number of hydrogen-bond donors (Lipinski definition) is 0. The predicted octanol–water partition coefficient (Wildman–Crippen LogP) is 1.92. The summed E-state index contributed by atoms with van der Waals surface area (Å²) in [5.41, 5.74) is 1.05. The Morgan fingerprint density at radius 1 is 1.15 bits per heavy atom. The van der Waals surface area contributed by atoms with Crippen LogP contribution in [-0.4, -0.2) is 37.1 Å². The summed E-state index contributed by atoms with van der Waals surface area (Å²) in [4.78, 5) is 14.0. The maximum absolute atomic E-state index is 12.8. The Kier molecular flexibility index (Phi) is 3.32. The molecule has 0 radical (unpaired) electrons. The van der Waals surface area contributed by atoms with E-state index in [1.165, 1.54) is 0 Å². The van der Waals surface area contributed by atoms with Crippen molar-refractivity contribution in [2.24, 2.45) is 0 Å². The highest BCUT2D eigenvalue weighted by Crippen LogP contribution is 2.34. The van der Waals surface area contributed by atoms with Crippen LogP contribution in [0.25, 0.3) is 0 Å². The summed E-state index contributed by atoms with van der Waals surface area (Å²) in [7, 11) is -3.35. The van der Waals surface area contributed by atoms with Crippen LogP contribution in [0.2, 0.25) is 0 Å². The summed E-state index contributed by atoms with van der Waals surface area (Å²) < 4.78 is 25.6. The molecule has 20 heavy (non-hydrogen) atoms. The highest BCUT2D eigenvalue weighted by molar-refractivity contribution is 7.92. The third-order valence-corrected chi connectivity index (χ3v) is 6.72. The van der Waals surface area contributed by atoms with E-state index in [2.05, 4.69) is 0 Å². The van der Waals surface area contributed by atoms with Crippen LogP contribution < -0.4 is 0 Å². The van der Waals surface area contributed by atoms with Gasteiger partial charge in [0.05, 0.1) is 10.1 Å². The third-order valence-electron chi connectivity index (χ3n) is 4.44. The standard InChI is InChI=1S/C15H19NO3S/c1-11-4-6-12(7-5-11)20(18,19)14-3-2-10-16-13(14)8-9-15(16)17/h4-7,13-14H,2-3,8-10H2,1H3/t13-,14+/m0/s1. The Labute approximate surface area is 119 Å². The molecule has 0 aromatic heterocycles. The summed E-state index contributed by atoms with van der Waals surface area (Å²) in [6, 6.07) is 6.89. The minimum Gasteiger partial charge on any atom is -0.338 e. The molecule has 2 fully saturated rings. The fraction of sp³-hybridized carbons (Fsp3) is 0.533. The number of nitrogens with zero attached hydrogens (tertiary/aromatic N) is 1. The largest absolute Gasteiger partial charge is 0.338 e. The predicted molar refractivity (Wildman–Crippen MR) is 76.1 cm³/mol. The molecular formula is C15H19NO3S. The molecule has 4 nitrogen and oxygen atoms in total. The van der Waals surface area contributed by atoms with Crippen LogP contribution in [0.4, 0.5) is 0 Å². The lowest BCUT2D eigenvalue weighted by atomic mass is 10.0. The maximum Gasteiger partial charge on any atom is 0.222 e. The number of aryl methyl sites for hydroxylation is 1. The Hall–Kier alpha value is -1.36. The van der Waals surface area contributed by atoms with Crippen LogP contribution in [0.1, 0.15) is 31.2 Å². The first kappa shape index (κ1) is 13.6. The summed E-state index contributed by atoms with van der Waals surface area (Å²) >= 11 is 0. The highest BCUT2D eigenvalue weighted by Gasteiger charge is 2.45. The van der Waals surface area contributed by atoms with Crippen LogP contribution in [0.15, 0.2) is 29.2 Å². The average molecular weight is 293 g/mol. The van der Waals surface area contributed by atoms with Crippen LogP contribution in [0, 0.1) is 6.92 Å². The minimum atomic E-state index is -3.35. The van der Waals surface area contributed by atoms with Crippen LogP contribution in [0.5, 0.6) is 0 Å². The molecule has 108 valence electrons. The first-order chi connectivity index (χ1) is 9.50. The van der Waals surface area contributed by atoms with Gasteiger partial charge < -0.3 is 4.90 Å². The molecule has 0 unspecified atom stereocenters. The summed E-state index contributed by atoms with van der Waals surface area (Å²) in [6.07, 6.45) is 2.60. The van der Waals surface area contributed by atoms with E-state index in [0.29, 0.717) is 30.7 Å². The number of rotatable bonds is 2. The SMILES string of the molecule is Cc1ccc(S(=O)(=O)[C@@H]2CCCN3C(=O)CC[C@@H]23)cc1. The van der Waals surface area contributed by atoms with E-state index in [1.807, 2.05) is 19.1 Å². The van der Waals surface area contributed by atoms with Gasteiger partial charge in [-0.05, 0) is 38.3 Å². The van der Waals surface area contributed by atoms with Crippen molar-refractivity contribution in [2.45, 2.75) is 48.8 Å². The average Bonchev–Trinajstić information content (AvgIpc) is 2.81. The van der Waals surface area contributed by atoms with Gasteiger partial charge in [-0.1, -0.05) is 17.7 Å². The Morgan fingerprint density at radius 3 is 2.55 bits per heavy atom. The van der Waals surface area contributed by atoms with Gasteiger partial charge in [-0.25, -0.2) is 8.42 Å². The molecule has 0 spiro atoms. The van der Waals surface area contributed by atoms with Crippen molar-refractivity contribution in [3.05, 3.63) is 29.8 Å². The monoisotopic (exact) mass is 293 g/mol. The number of piperidine rings is 1. The summed E-state index contributed by atoms with van der Waals surface area (Å²) in [6.45, 7) is 2.65. The lowest BCUT2D eigenvalue weighted by molar-refractivity contribution is -0.129. The van der Waals surface area contributed by atoms with Crippen LogP contribution in [0.3, 0.4) is 0 Å². The maximum atomic E-state index is 12.8. The molecule has 5 heteroatoms. The van der Waals surface area contributed by atoms with E-state index in [-0.39, 0.29) is 11.9 Å². The third kappa shape index (κ3) is 2.14. The van der Waals surface area contributed by atoms with E-state index >= 15 is 0 Å². The van der Waals surface area contributed by atoms with Crippen molar-refractivity contribution >= 4 is 15.7 Å². The van der Waals surface area contributed by atoms with Crippen molar-refractivity contribution in [1.29, 1.82) is 0 Å². The van der Waals surface area contributed by atoms with Crippen molar-refractivity contribution in [2.75, 3.05) is 6.54 Å². The van der Waals surface area contributed by atoms with Gasteiger partial charge in [0.2, 0.25) is 5.91 Å². The molecule has 0 N–H and O–H groups in total. The topological polar surface area (TPSA) is 54.5 Å². The molecule has 2 atom stereocenters. The molecule has 0 saturated carbocycles. The van der Waals surface area contributed by atoms with Gasteiger partial charge in [0.1, 0.15) is 0 Å². The van der Waals surface area contributed by atoms with Crippen molar-refractivity contribution in [3.8, 4) is 0 Å². The smallest absolute Gasteiger partial charge is 0.222 e. The zero-order chi connectivity index (χ0) is 14.3. The van der Waals surface area contributed by atoms with Gasteiger partial charge in [0, 0.05) is 19.0 Å². The lowest BCUT2D eigenvalue weighted by Gasteiger charge is -2.36. The molecule has 2 aliphatic heterocycles. The normalized spacial score (nSPS) is 26.6. The van der Waals surface area contributed by atoms with Gasteiger partial charge in [-0.3, -0.25) is 4.79 Å². The second-order valence-electron chi connectivity index (χ2n) is 5.73. The van der Waals surface area contributed by atoms with Crippen molar-refractivity contribution in [3.63, 3.8) is 0 Å². The van der Waals surface area contributed by atoms with Gasteiger partial charge in [0.25, 0.3) is 0 Å². The molecule has 1 aromatic carbocycles. The van der Waals surface area contributed by atoms with Gasteiger partial charge in [-0.15, -0.1) is 0 Å². The Bertz CT molecular complexity index is 621. The number of hydrogen-bond acceptors (Lipinski definition) is 3. The molecular weight excluding hydrogens is 274 g/mol. The van der Waals surface area contributed by atoms with Crippen molar-refractivity contribution in [1.82, 2.24) is 4.90 Å². The van der Waals surface area contributed by atoms with Crippen LogP contribution in [-0.2, 0) is 14.6 Å². The number of amides is 1. The zero-order valence-electron chi connectivity index (χ0n) is 11.6. The molecule has 2 aliphatic rings. The molecule has 2 heterocycles. The van der Waals surface area contributed by atoms with Gasteiger partial charge >= 0.3 is 0 Å².